The lowest BCUT2D eigenvalue weighted by atomic mass is 10.1. The van der Waals surface area contributed by atoms with Gasteiger partial charge in [-0.25, -0.2) is 4.98 Å². The van der Waals surface area contributed by atoms with Gasteiger partial charge in [-0.15, -0.1) is 0 Å². The van der Waals surface area contributed by atoms with Gasteiger partial charge >= 0.3 is 0 Å². The van der Waals surface area contributed by atoms with E-state index in [1.54, 1.807) is 18.3 Å². The highest BCUT2D eigenvalue weighted by Gasteiger charge is 2.08. The maximum absolute atomic E-state index is 12.3. The van der Waals surface area contributed by atoms with Crippen molar-refractivity contribution >= 4 is 11.7 Å². The Labute approximate surface area is 189 Å². The number of amides is 1. The molecule has 0 bridgehead atoms. The molecule has 6 nitrogen and oxygen atoms in total. The number of nitrogens with two attached hydrogens (primary N) is 1. The van der Waals surface area contributed by atoms with Crippen molar-refractivity contribution in [2.75, 3.05) is 25.4 Å². The molecule has 1 atom stereocenters. The van der Waals surface area contributed by atoms with E-state index in [0.717, 1.165) is 42.5 Å². The largest absolute Gasteiger partial charge is 0.387 e. The zero-order valence-corrected chi connectivity index (χ0v) is 18.3. The molecule has 0 fully saturated rings. The number of benzene rings is 2. The second-order valence-corrected chi connectivity index (χ2v) is 7.92. The summed E-state index contributed by atoms with van der Waals surface area (Å²) >= 11 is 0. The number of carbonyl (C=O) groups is 1. The lowest BCUT2D eigenvalue weighted by Gasteiger charge is -2.12. The van der Waals surface area contributed by atoms with Gasteiger partial charge in [0.15, 0.2) is 0 Å². The molecular weight excluding hydrogens is 400 g/mol. The molecule has 3 aromatic rings. The lowest BCUT2D eigenvalue weighted by Crippen LogP contribution is -2.26. The summed E-state index contributed by atoms with van der Waals surface area (Å²) in [6.45, 7) is 1.86. The predicted molar refractivity (Wildman–Crippen MR) is 128 cm³/mol. The number of anilines is 1. The number of pyridine rings is 1. The van der Waals surface area contributed by atoms with Gasteiger partial charge in [-0.1, -0.05) is 60.7 Å². The van der Waals surface area contributed by atoms with Gasteiger partial charge in [0.05, 0.1) is 12.5 Å². The smallest absolute Gasteiger partial charge is 0.224 e. The molecule has 0 spiro atoms. The van der Waals surface area contributed by atoms with Gasteiger partial charge in [0.2, 0.25) is 5.91 Å². The molecule has 0 aliphatic heterocycles. The van der Waals surface area contributed by atoms with E-state index >= 15 is 0 Å². The molecule has 0 saturated carbocycles. The molecule has 1 heterocycles. The van der Waals surface area contributed by atoms with Crippen molar-refractivity contribution in [3.63, 3.8) is 0 Å². The Kier molecular flexibility index (Phi) is 9.22. The summed E-state index contributed by atoms with van der Waals surface area (Å²) in [6, 6.07) is 21.9. The molecule has 1 aromatic heterocycles. The Morgan fingerprint density at radius 1 is 0.938 bits per heavy atom. The molecular formula is C26H32N4O2. The van der Waals surface area contributed by atoms with Crippen LogP contribution in [-0.2, 0) is 24.1 Å². The van der Waals surface area contributed by atoms with Crippen molar-refractivity contribution in [3.05, 3.63) is 95.2 Å². The van der Waals surface area contributed by atoms with Crippen LogP contribution in [0.3, 0.4) is 0 Å². The molecule has 32 heavy (non-hydrogen) atoms. The van der Waals surface area contributed by atoms with Crippen LogP contribution in [0.5, 0.6) is 0 Å². The Morgan fingerprint density at radius 2 is 1.72 bits per heavy atom. The number of aliphatic hydroxyl groups excluding tert-OH is 1. The van der Waals surface area contributed by atoms with Gasteiger partial charge in [0.1, 0.15) is 5.82 Å². The lowest BCUT2D eigenvalue weighted by molar-refractivity contribution is -0.120. The van der Waals surface area contributed by atoms with Crippen molar-refractivity contribution in [1.29, 1.82) is 0 Å². The number of nitrogens with one attached hydrogen (secondary N) is 2. The van der Waals surface area contributed by atoms with Gasteiger partial charge in [0.25, 0.3) is 0 Å². The average Bonchev–Trinajstić information content (AvgIpc) is 2.81. The third-order valence-corrected chi connectivity index (χ3v) is 5.29. The molecule has 3 rings (SSSR count). The summed E-state index contributed by atoms with van der Waals surface area (Å²) in [5, 5.41) is 16.5. The quantitative estimate of drug-likeness (QED) is 0.330. The van der Waals surface area contributed by atoms with Crippen molar-refractivity contribution in [3.8, 4) is 0 Å². The number of nitrogen functional groups attached to an aromatic ring is 1. The third-order valence-electron chi connectivity index (χ3n) is 5.29. The van der Waals surface area contributed by atoms with E-state index in [9.17, 15) is 9.90 Å². The zero-order chi connectivity index (χ0) is 22.6. The number of aryl methyl sites for hydroxylation is 1. The van der Waals surface area contributed by atoms with Crippen LogP contribution in [0.1, 0.15) is 34.8 Å². The first kappa shape index (κ1) is 23.4. The first-order chi connectivity index (χ1) is 15.6. The first-order valence-electron chi connectivity index (χ1n) is 11.1. The normalized spacial score (nSPS) is 11.8. The summed E-state index contributed by atoms with van der Waals surface area (Å²) in [5.74, 6) is 0.489. The summed E-state index contributed by atoms with van der Waals surface area (Å²) in [4.78, 5) is 16.3. The molecule has 0 aliphatic carbocycles. The fraction of sp³-hybridized carbons (Fsp3) is 0.308. The average molecular weight is 433 g/mol. The molecule has 0 aliphatic rings. The molecule has 6 heteroatoms. The number of rotatable bonds is 12. The molecule has 168 valence electrons. The highest BCUT2D eigenvalue weighted by molar-refractivity contribution is 5.78. The second-order valence-electron chi connectivity index (χ2n) is 7.92. The predicted octanol–water partition coefficient (Wildman–Crippen LogP) is 2.82. The Balaban J connectivity index is 1.34. The van der Waals surface area contributed by atoms with Crippen LogP contribution in [0.2, 0.25) is 0 Å². The van der Waals surface area contributed by atoms with Crippen molar-refractivity contribution in [1.82, 2.24) is 15.6 Å². The van der Waals surface area contributed by atoms with Crippen LogP contribution in [0, 0.1) is 0 Å². The minimum Gasteiger partial charge on any atom is -0.387 e. The summed E-state index contributed by atoms with van der Waals surface area (Å²) in [7, 11) is 0. The molecule has 0 saturated heterocycles. The Morgan fingerprint density at radius 3 is 2.50 bits per heavy atom. The molecule has 2 aromatic carbocycles. The number of nitrogens with zero attached hydrogens (tertiary/aromatic N) is 1. The van der Waals surface area contributed by atoms with Gasteiger partial charge < -0.3 is 21.5 Å². The number of hydrogen-bond donors (Lipinski definition) is 4. The van der Waals surface area contributed by atoms with E-state index in [4.69, 9.17) is 5.73 Å². The second kappa shape index (κ2) is 12.6. The molecule has 0 radical (unpaired) electrons. The third kappa shape index (κ3) is 8.13. The van der Waals surface area contributed by atoms with Crippen molar-refractivity contribution in [2.45, 2.75) is 31.8 Å². The van der Waals surface area contributed by atoms with E-state index in [1.807, 2.05) is 30.3 Å². The summed E-state index contributed by atoms with van der Waals surface area (Å²) in [6.07, 6.45) is 4.07. The fourth-order valence-corrected chi connectivity index (χ4v) is 3.51. The van der Waals surface area contributed by atoms with Gasteiger partial charge in [-0.2, -0.15) is 0 Å². The van der Waals surface area contributed by atoms with Gasteiger partial charge in [0, 0.05) is 24.8 Å². The summed E-state index contributed by atoms with van der Waals surface area (Å²) < 4.78 is 0. The monoisotopic (exact) mass is 432 g/mol. The highest BCUT2D eigenvalue weighted by atomic mass is 16.3. The van der Waals surface area contributed by atoms with Crippen LogP contribution in [0.15, 0.2) is 72.9 Å². The molecule has 1 amide bonds. The number of hydrogen-bond acceptors (Lipinski definition) is 5. The minimum atomic E-state index is -0.625. The van der Waals surface area contributed by atoms with Crippen LogP contribution >= 0.6 is 0 Å². The number of aliphatic hydroxyl groups is 1. The first-order valence-corrected chi connectivity index (χ1v) is 11.1. The van der Waals surface area contributed by atoms with E-state index in [2.05, 4.69) is 39.9 Å². The fourth-order valence-electron chi connectivity index (χ4n) is 3.51. The molecule has 5 N–H and O–H groups in total. The standard InChI is InChI=1S/C26H32N4O2/c27-25-12-11-23(18-30-25)24(31)19-28-15-13-21-8-4-9-22(16-21)17-26(32)29-14-5-10-20-6-2-1-3-7-20/h1-4,6-9,11-12,16,18,24,28,31H,5,10,13-15,17,19H2,(H2,27,30)(H,29,32). The maximum atomic E-state index is 12.3. The Hall–Kier alpha value is -3.22. The van der Waals surface area contributed by atoms with Crippen molar-refractivity contribution < 1.29 is 9.90 Å². The van der Waals surface area contributed by atoms with E-state index in [-0.39, 0.29) is 5.91 Å². The Bertz CT molecular complexity index is 961. The summed E-state index contributed by atoms with van der Waals surface area (Å²) in [5.41, 5.74) is 9.78. The van der Waals surface area contributed by atoms with Crippen LogP contribution in [0.4, 0.5) is 5.82 Å². The number of carbonyl (C=O) groups excluding carboxylic acids is 1. The van der Waals surface area contributed by atoms with Crippen molar-refractivity contribution in [2.24, 2.45) is 0 Å². The van der Waals surface area contributed by atoms with E-state index in [1.165, 1.54) is 5.56 Å². The molecule has 1 unspecified atom stereocenters. The van der Waals surface area contributed by atoms with E-state index in [0.29, 0.717) is 25.3 Å². The maximum Gasteiger partial charge on any atom is 0.224 e. The van der Waals surface area contributed by atoms with Crippen LogP contribution < -0.4 is 16.4 Å². The highest BCUT2D eigenvalue weighted by Crippen LogP contribution is 2.12. The zero-order valence-electron chi connectivity index (χ0n) is 18.3. The van der Waals surface area contributed by atoms with E-state index < -0.39 is 6.10 Å². The topological polar surface area (TPSA) is 100 Å². The van der Waals surface area contributed by atoms with Gasteiger partial charge in [-0.05, 0) is 48.6 Å². The SMILES string of the molecule is Nc1ccc(C(O)CNCCc2cccc(CC(=O)NCCCc3ccccc3)c2)cn1. The van der Waals surface area contributed by atoms with Crippen LogP contribution in [0.25, 0.3) is 0 Å². The van der Waals surface area contributed by atoms with Gasteiger partial charge in [-0.3, -0.25) is 4.79 Å². The van der Waals surface area contributed by atoms with Crippen LogP contribution in [-0.4, -0.2) is 35.6 Å². The minimum absolute atomic E-state index is 0.0496. The number of aromatic nitrogens is 1.